The second-order valence-electron chi connectivity index (χ2n) is 6.20. The Balaban J connectivity index is 1.76. The van der Waals surface area contributed by atoms with Crippen molar-refractivity contribution in [2.45, 2.75) is 11.1 Å². The number of para-hydroxylation sites is 1. The summed E-state index contributed by atoms with van der Waals surface area (Å²) in [7, 11) is -3.80. The first kappa shape index (κ1) is 22.0. The summed E-state index contributed by atoms with van der Waals surface area (Å²) in [6.45, 7) is 1.63. The lowest BCUT2D eigenvalue weighted by atomic mass is 10.1. The van der Waals surface area contributed by atoms with E-state index in [2.05, 4.69) is 15.2 Å². The summed E-state index contributed by atoms with van der Waals surface area (Å²) < 4.78 is 32.9. The second-order valence-corrected chi connectivity index (χ2v) is 9.05. The van der Waals surface area contributed by atoms with Gasteiger partial charge in [0.25, 0.3) is 15.9 Å². The maximum Gasteiger partial charge on any atom is 0.273 e. The van der Waals surface area contributed by atoms with Crippen molar-refractivity contribution in [2.75, 3.05) is 11.3 Å². The number of hydrogen-bond acceptors (Lipinski definition) is 7. The number of hydrogen-bond donors (Lipinski definition) is 2. The van der Waals surface area contributed by atoms with Crippen molar-refractivity contribution in [3.05, 3.63) is 77.2 Å². The Morgan fingerprint density at radius 2 is 1.97 bits per heavy atom. The first-order valence-electron chi connectivity index (χ1n) is 9.01. The van der Waals surface area contributed by atoms with Gasteiger partial charge in [0.15, 0.2) is 6.61 Å². The molecule has 10 heteroatoms. The van der Waals surface area contributed by atoms with E-state index in [0.717, 1.165) is 11.3 Å². The van der Waals surface area contributed by atoms with Crippen molar-refractivity contribution in [1.82, 2.24) is 5.43 Å². The zero-order chi connectivity index (χ0) is 22.3. The number of nitrogens with one attached hydrogen (secondary N) is 2. The van der Waals surface area contributed by atoms with Crippen LogP contribution in [0.1, 0.15) is 22.8 Å². The number of sulfonamides is 1. The standard InChI is InChI=1S/C21H18N4O4S2/c1-15(16-6-4-7-17(14-16)29-12-11-22)23-24-21(26)18-8-2-3-9-19(18)25-31(27,28)20-10-5-13-30-20/h2-10,13-14,25H,12H2,1H3,(H,24,26)/b23-15+. The van der Waals surface area contributed by atoms with Crippen LogP contribution in [0.3, 0.4) is 0 Å². The molecule has 0 aliphatic heterocycles. The number of amides is 1. The lowest BCUT2D eigenvalue weighted by Crippen LogP contribution is -2.22. The van der Waals surface area contributed by atoms with Crippen molar-refractivity contribution in [1.29, 1.82) is 5.26 Å². The summed E-state index contributed by atoms with van der Waals surface area (Å²) in [6, 6.07) is 18.2. The van der Waals surface area contributed by atoms with Gasteiger partial charge in [0.1, 0.15) is 16.0 Å². The molecule has 3 aromatic rings. The molecule has 8 nitrogen and oxygen atoms in total. The van der Waals surface area contributed by atoms with Gasteiger partial charge in [0.05, 0.1) is 17.0 Å². The summed E-state index contributed by atoms with van der Waals surface area (Å²) in [6.07, 6.45) is 0. The molecule has 0 aliphatic carbocycles. The minimum atomic E-state index is -3.80. The zero-order valence-electron chi connectivity index (χ0n) is 16.4. The second kappa shape index (κ2) is 9.88. The highest BCUT2D eigenvalue weighted by Crippen LogP contribution is 2.23. The third-order valence-electron chi connectivity index (χ3n) is 4.06. The Hall–Kier alpha value is -3.68. The summed E-state index contributed by atoms with van der Waals surface area (Å²) in [4.78, 5) is 12.7. The van der Waals surface area contributed by atoms with Crippen molar-refractivity contribution < 1.29 is 17.9 Å². The van der Waals surface area contributed by atoms with Gasteiger partial charge in [-0.1, -0.05) is 30.3 Å². The fourth-order valence-electron chi connectivity index (χ4n) is 2.57. The fraction of sp³-hybridized carbons (Fsp3) is 0.0952. The number of nitriles is 1. The third kappa shape index (κ3) is 5.69. The molecule has 1 aromatic heterocycles. The highest BCUT2D eigenvalue weighted by atomic mass is 32.2. The molecule has 0 atom stereocenters. The highest BCUT2D eigenvalue weighted by Gasteiger charge is 2.19. The number of carbonyl (C=O) groups is 1. The lowest BCUT2D eigenvalue weighted by molar-refractivity contribution is 0.0955. The van der Waals surface area contributed by atoms with Crippen LogP contribution >= 0.6 is 11.3 Å². The van der Waals surface area contributed by atoms with Crippen LogP contribution in [0.2, 0.25) is 0 Å². The van der Waals surface area contributed by atoms with E-state index < -0.39 is 15.9 Å². The van der Waals surface area contributed by atoms with Crippen LogP contribution in [-0.4, -0.2) is 26.6 Å². The van der Waals surface area contributed by atoms with Crippen LogP contribution < -0.4 is 14.9 Å². The first-order chi connectivity index (χ1) is 14.9. The van der Waals surface area contributed by atoms with Gasteiger partial charge >= 0.3 is 0 Å². The number of ether oxygens (including phenoxy) is 1. The quantitative estimate of drug-likeness (QED) is 0.398. The maximum atomic E-state index is 12.7. The van der Waals surface area contributed by atoms with Gasteiger partial charge in [-0.3, -0.25) is 9.52 Å². The molecule has 158 valence electrons. The minimum absolute atomic E-state index is 0.0749. The number of benzene rings is 2. The summed E-state index contributed by atoms with van der Waals surface area (Å²) in [5, 5.41) is 14.4. The van der Waals surface area contributed by atoms with E-state index in [1.54, 1.807) is 54.8 Å². The fourth-order valence-corrected chi connectivity index (χ4v) is 4.64. The van der Waals surface area contributed by atoms with Gasteiger partial charge in [-0.25, -0.2) is 13.8 Å². The van der Waals surface area contributed by atoms with E-state index in [1.807, 2.05) is 6.07 Å². The van der Waals surface area contributed by atoms with E-state index in [9.17, 15) is 13.2 Å². The first-order valence-corrected chi connectivity index (χ1v) is 11.4. The predicted molar refractivity (Wildman–Crippen MR) is 119 cm³/mol. The van der Waals surface area contributed by atoms with Gasteiger partial charge in [-0.15, -0.1) is 11.3 Å². The largest absolute Gasteiger partial charge is 0.479 e. The van der Waals surface area contributed by atoms with Crippen molar-refractivity contribution in [3.8, 4) is 11.8 Å². The van der Waals surface area contributed by atoms with Crippen molar-refractivity contribution in [3.63, 3.8) is 0 Å². The molecule has 0 bridgehead atoms. The molecule has 0 saturated carbocycles. The molecule has 0 saturated heterocycles. The summed E-state index contributed by atoms with van der Waals surface area (Å²) in [5.74, 6) is -0.0611. The molecule has 1 amide bonds. The van der Waals surface area contributed by atoms with Crippen LogP contribution in [0.4, 0.5) is 5.69 Å². The van der Waals surface area contributed by atoms with Crippen LogP contribution in [0.25, 0.3) is 0 Å². The topological polar surface area (TPSA) is 121 Å². The van der Waals surface area contributed by atoms with Crippen molar-refractivity contribution in [2.24, 2.45) is 5.10 Å². The van der Waals surface area contributed by atoms with Gasteiger partial charge in [0.2, 0.25) is 0 Å². The molecule has 2 aromatic carbocycles. The molecular weight excluding hydrogens is 436 g/mol. The van der Waals surface area contributed by atoms with Gasteiger partial charge < -0.3 is 4.74 Å². The molecule has 1 heterocycles. The average molecular weight is 455 g/mol. The Labute approximate surface area is 183 Å². The zero-order valence-corrected chi connectivity index (χ0v) is 18.0. The molecule has 0 unspecified atom stereocenters. The minimum Gasteiger partial charge on any atom is -0.479 e. The number of thiophene rings is 1. The predicted octanol–water partition coefficient (Wildman–Crippen LogP) is 3.61. The van der Waals surface area contributed by atoms with E-state index in [-0.39, 0.29) is 22.1 Å². The van der Waals surface area contributed by atoms with Gasteiger partial charge in [0, 0.05) is 5.56 Å². The maximum absolute atomic E-state index is 12.7. The molecule has 31 heavy (non-hydrogen) atoms. The molecule has 0 aliphatic rings. The Bertz CT molecular complexity index is 1250. The molecule has 0 fully saturated rings. The Kier molecular flexibility index (Phi) is 7.02. The lowest BCUT2D eigenvalue weighted by Gasteiger charge is -2.11. The number of anilines is 1. The van der Waals surface area contributed by atoms with Gasteiger partial charge in [-0.05, 0) is 42.6 Å². The third-order valence-corrected chi connectivity index (χ3v) is 6.82. The number of carbonyl (C=O) groups excluding carboxylic acids is 1. The van der Waals surface area contributed by atoms with Gasteiger partial charge in [-0.2, -0.15) is 10.4 Å². The van der Waals surface area contributed by atoms with E-state index >= 15 is 0 Å². The number of hydrazone groups is 1. The van der Waals surface area contributed by atoms with E-state index in [4.69, 9.17) is 10.00 Å². The highest BCUT2D eigenvalue weighted by molar-refractivity contribution is 7.94. The van der Waals surface area contributed by atoms with Crippen molar-refractivity contribution >= 4 is 38.7 Å². The molecular formula is C21H18N4O4S2. The summed E-state index contributed by atoms with van der Waals surface area (Å²) in [5.41, 5.74) is 3.92. The average Bonchev–Trinajstić information content (AvgIpc) is 3.32. The van der Waals surface area contributed by atoms with Crippen LogP contribution in [0, 0.1) is 11.3 Å². The van der Waals surface area contributed by atoms with Crippen LogP contribution in [0.15, 0.2) is 75.4 Å². The van der Waals surface area contributed by atoms with E-state index in [0.29, 0.717) is 17.0 Å². The normalized spacial score (nSPS) is 11.4. The molecule has 0 radical (unpaired) electrons. The summed E-state index contributed by atoms with van der Waals surface area (Å²) >= 11 is 1.08. The number of nitrogens with zero attached hydrogens (tertiary/aromatic N) is 2. The Morgan fingerprint density at radius 3 is 2.71 bits per heavy atom. The SMILES string of the molecule is C/C(=N\NC(=O)c1ccccc1NS(=O)(=O)c1cccs1)c1cccc(OCC#N)c1. The number of rotatable bonds is 8. The monoisotopic (exact) mass is 454 g/mol. The molecule has 3 rings (SSSR count). The van der Waals surface area contributed by atoms with Crippen LogP contribution in [-0.2, 0) is 10.0 Å². The Morgan fingerprint density at radius 1 is 1.16 bits per heavy atom. The molecule has 2 N–H and O–H groups in total. The molecule has 0 spiro atoms. The van der Waals surface area contributed by atoms with Crippen LogP contribution in [0.5, 0.6) is 5.75 Å². The van der Waals surface area contributed by atoms with E-state index in [1.165, 1.54) is 18.2 Å². The smallest absolute Gasteiger partial charge is 0.273 e.